The zero-order valence-corrected chi connectivity index (χ0v) is 37.9. The summed E-state index contributed by atoms with van der Waals surface area (Å²) in [6.45, 7) is 9.36. The van der Waals surface area contributed by atoms with Crippen LogP contribution in [0.15, 0.2) is 0 Å². The van der Waals surface area contributed by atoms with Crippen molar-refractivity contribution in [2.75, 3.05) is 24.6 Å². The molecule has 0 aromatic heterocycles. The van der Waals surface area contributed by atoms with E-state index in [2.05, 4.69) is 27.7 Å². The van der Waals surface area contributed by atoms with Crippen molar-refractivity contribution in [1.29, 1.82) is 0 Å². The molecule has 0 fully saturated rings. The van der Waals surface area contributed by atoms with E-state index in [1.54, 1.807) is 50.3 Å². The van der Waals surface area contributed by atoms with Crippen LogP contribution in [0.3, 0.4) is 0 Å². The van der Waals surface area contributed by atoms with Crippen LogP contribution >= 0.6 is 7.26 Å². The SMILES string of the molecule is CCCCCCCCCCCCC[P+](CCCCCCCCCCC)(CCCCCCCCCCCCC)CCCCCCCCCCCCC. The van der Waals surface area contributed by atoms with Crippen molar-refractivity contribution in [1.82, 2.24) is 0 Å². The van der Waals surface area contributed by atoms with Gasteiger partial charge >= 0.3 is 0 Å². The van der Waals surface area contributed by atoms with Crippen LogP contribution in [0.2, 0.25) is 0 Å². The normalized spacial score (nSPS) is 12.0. The van der Waals surface area contributed by atoms with Crippen LogP contribution in [-0.4, -0.2) is 24.6 Å². The highest BCUT2D eigenvalue weighted by molar-refractivity contribution is 7.75. The van der Waals surface area contributed by atoms with E-state index >= 15 is 0 Å². The molecule has 0 unspecified atom stereocenters. The zero-order chi connectivity index (χ0) is 37.0. The molecule has 0 bridgehead atoms. The van der Waals surface area contributed by atoms with Gasteiger partial charge in [-0.3, -0.25) is 0 Å². The zero-order valence-electron chi connectivity index (χ0n) is 37.0. The highest BCUT2D eigenvalue weighted by Crippen LogP contribution is 2.61. The molecular weight excluding hydrogens is 632 g/mol. The first-order valence-electron chi connectivity index (χ1n) is 25.1. The maximum atomic E-state index is 2.35. The quantitative estimate of drug-likeness (QED) is 0.0431. The number of unbranched alkanes of at least 4 members (excludes halogenated alkanes) is 38. The van der Waals surface area contributed by atoms with Crippen molar-refractivity contribution < 1.29 is 0 Å². The van der Waals surface area contributed by atoms with Gasteiger partial charge in [-0.1, -0.05) is 246 Å². The first-order chi connectivity index (χ1) is 25.2. The van der Waals surface area contributed by atoms with Gasteiger partial charge in [-0.05, 0) is 51.4 Å². The van der Waals surface area contributed by atoms with Gasteiger partial charge in [0.1, 0.15) is 0 Å². The molecule has 0 saturated carbocycles. The maximum absolute atomic E-state index is 2.35. The monoisotopic (exact) mass is 736 g/mol. The summed E-state index contributed by atoms with van der Waals surface area (Å²) in [6, 6.07) is 0. The average Bonchev–Trinajstić information content (AvgIpc) is 3.14. The molecule has 308 valence electrons. The van der Waals surface area contributed by atoms with Crippen LogP contribution < -0.4 is 0 Å². The molecule has 0 aromatic carbocycles. The Kier molecular flexibility index (Phi) is 45.2. The first-order valence-corrected chi connectivity index (χ1v) is 27.6. The van der Waals surface area contributed by atoms with Crippen molar-refractivity contribution in [2.24, 2.45) is 0 Å². The van der Waals surface area contributed by atoms with Crippen LogP contribution in [-0.2, 0) is 0 Å². The van der Waals surface area contributed by atoms with E-state index in [1.807, 2.05) is 0 Å². The lowest BCUT2D eigenvalue weighted by Gasteiger charge is -2.28. The molecular formula is C50H104P+. The van der Waals surface area contributed by atoms with Crippen molar-refractivity contribution in [2.45, 2.75) is 297 Å². The van der Waals surface area contributed by atoms with Gasteiger partial charge in [0.15, 0.2) is 0 Å². The summed E-state index contributed by atoms with van der Waals surface area (Å²) in [4.78, 5) is 0. The Hall–Kier alpha value is 0.430. The molecule has 1 heteroatoms. The minimum Gasteiger partial charge on any atom is -0.0654 e. The Bertz CT molecular complexity index is 533. The minimum atomic E-state index is -0.798. The molecule has 0 radical (unpaired) electrons. The van der Waals surface area contributed by atoms with Crippen LogP contribution in [0.5, 0.6) is 0 Å². The molecule has 0 aliphatic rings. The molecule has 51 heavy (non-hydrogen) atoms. The van der Waals surface area contributed by atoms with Gasteiger partial charge in [0.2, 0.25) is 0 Å². The van der Waals surface area contributed by atoms with Crippen molar-refractivity contribution in [3.8, 4) is 0 Å². The van der Waals surface area contributed by atoms with Gasteiger partial charge in [0.25, 0.3) is 0 Å². The van der Waals surface area contributed by atoms with Gasteiger partial charge in [0, 0.05) is 7.26 Å². The predicted octanol–water partition coefficient (Wildman–Crippen LogP) is 19.5. The fourth-order valence-electron chi connectivity index (χ4n) is 8.76. The Labute approximate surface area is 328 Å². The lowest BCUT2D eigenvalue weighted by atomic mass is 10.1. The molecule has 0 aromatic rings. The third kappa shape index (κ3) is 39.9. The van der Waals surface area contributed by atoms with Gasteiger partial charge in [-0.2, -0.15) is 0 Å². The van der Waals surface area contributed by atoms with Crippen LogP contribution in [0.25, 0.3) is 0 Å². The molecule has 0 spiro atoms. The van der Waals surface area contributed by atoms with E-state index in [4.69, 9.17) is 0 Å². The van der Waals surface area contributed by atoms with Gasteiger partial charge in [-0.15, -0.1) is 0 Å². The Morgan fingerprint density at radius 2 is 0.275 bits per heavy atom. The molecule has 0 nitrogen and oxygen atoms in total. The van der Waals surface area contributed by atoms with Crippen LogP contribution in [0.1, 0.15) is 297 Å². The number of hydrogen-bond donors (Lipinski definition) is 0. The summed E-state index contributed by atoms with van der Waals surface area (Å²) in [7, 11) is -0.798. The Balaban J connectivity index is 4.87. The molecule has 0 N–H and O–H groups in total. The van der Waals surface area contributed by atoms with Gasteiger partial charge in [0.05, 0.1) is 24.6 Å². The first kappa shape index (κ1) is 51.4. The van der Waals surface area contributed by atoms with Crippen molar-refractivity contribution >= 4 is 7.26 Å². The summed E-state index contributed by atoms with van der Waals surface area (Å²) in [5.41, 5.74) is 0. The Morgan fingerprint density at radius 3 is 0.412 bits per heavy atom. The van der Waals surface area contributed by atoms with Crippen LogP contribution in [0.4, 0.5) is 0 Å². The molecule has 0 saturated heterocycles. The van der Waals surface area contributed by atoms with E-state index in [1.165, 1.54) is 244 Å². The van der Waals surface area contributed by atoms with E-state index < -0.39 is 7.26 Å². The van der Waals surface area contributed by atoms with E-state index in [-0.39, 0.29) is 0 Å². The summed E-state index contributed by atoms with van der Waals surface area (Å²) < 4.78 is 0. The highest BCUT2D eigenvalue weighted by atomic mass is 31.2. The molecule has 0 aliphatic carbocycles. The molecule has 0 heterocycles. The lowest BCUT2D eigenvalue weighted by molar-refractivity contribution is 0.551. The van der Waals surface area contributed by atoms with E-state index in [0.29, 0.717) is 0 Å². The molecule has 0 amide bonds. The van der Waals surface area contributed by atoms with Crippen molar-refractivity contribution in [3.63, 3.8) is 0 Å². The molecule has 0 rings (SSSR count). The van der Waals surface area contributed by atoms with E-state index in [9.17, 15) is 0 Å². The molecule has 0 aliphatic heterocycles. The standard InChI is InChI=1S/C50H104P/c1-5-9-13-17-21-25-28-32-36-40-44-48-51(47-43-39-35-31-24-20-16-12-8-4,49-45-41-37-33-29-26-22-18-14-10-6-2)50-46-42-38-34-30-27-23-19-15-11-7-3/h5-50H2,1-4H3/q+1. The molecule has 0 atom stereocenters. The average molecular weight is 736 g/mol. The second kappa shape index (κ2) is 44.8. The predicted molar refractivity (Wildman–Crippen MR) is 243 cm³/mol. The fraction of sp³-hybridized carbons (Fsp3) is 1.00. The van der Waals surface area contributed by atoms with Gasteiger partial charge < -0.3 is 0 Å². The topological polar surface area (TPSA) is 0 Å². The fourth-order valence-corrected chi connectivity index (χ4v) is 13.7. The summed E-state index contributed by atoms with van der Waals surface area (Å²) in [6.07, 6.45) is 69.2. The minimum absolute atomic E-state index is 0.798. The highest BCUT2D eigenvalue weighted by Gasteiger charge is 2.35. The second-order valence-corrected chi connectivity index (χ2v) is 22.1. The van der Waals surface area contributed by atoms with Gasteiger partial charge in [-0.25, -0.2) is 0 Å². The maximum Gasteiger partial charge on any atom is 0.0594 e. The number of hydrogen-bond acceptors (Lipinski definition) is 0. The second-order valence-electron chi connectivity index (χ2n) is 17.7. The third-order valence-electron chi connectivity index (χ3n) is 12.4. The third-order valence-corrected chi connectivity index (χ3v) is 17.5. The van der Waals surface area contributed by atoms with Crippen LogP contribution in [0, 0.1) is 0 Å². The number of rotatable bonds is 46. The Morgan fingerprint density at radius 1 is 0.157 bits per heavy atom. The summed E-state index contributed by atoms with van der Waals surface area (Å²) in [5, 5.41) is 0. The summed E-state index contributed by atoms with van der Waals surface area (Å²) in [5.74, 6) is 0. The van der Waals surface area contributed by atoms with E-state index in [0.717, 1.165) is 0 Å². The lowest BCUT2D eigenvalue weighted by Crippen LogP contribution is -2.13. The van der Waals surface area contributed by atoms with Crippen molar-refractivity contribution in [3.05, 3.63) is 0 Å². The largest absolute Gasteiger partial charge is 0.0654 e. The smallest absolute Gasteiger partial charge is 0.0594 e. The summed E-state index contributed by atoms with van der Waals surface area (Å²) >= 11 is 0.